The zero-order valence-corrected chi connectivity index (χ0v) is 55.6. The molecule has 0 spiro atoms. The summed E-state index contributed by atoms with van der Waals surface area (Å²) >= 11 is 0. The van der Waals surface area contributed by atoms with Gasteiger partial charge in [-0.05, 0) is 98.3 Å². The molecule has 0 bridgehead atoms. The molecule has 3 N–H and O–H groups in total. The van der Waals surface area contributed by atoms with Crippen LogP contribution in [0.15, 0.2) is 72.8 Å². The topological polar surface area (TPSA) is 94.5 Å². The van der Waals surface area contributed by atoms with Crippen LogP contribution in [0.2, 0.25) is 0 Å². The fourth-order valence-corrected chi connectivity index (χ4v) is 12.3. The molecule has 3 rings (SSSR count). The van der Waals surface area contributed by atoms with Gasteiger partial charge in [-0.1, -0.05) is 328 Å². The Balaban J connectivity index is 1.39. The molecule has 0 atom stereocenters. The molecule has 3 aromatic rings. The van der Waals surface area contributed by atoms with Gasteiger partial charge in [0.1, 0.15) is 0 Å². The molecule has 0 unspecified atom stereocenters. The molecule has 0 aliphatic carbocycles. The number of hydrogen-bond acceptors (Lipinski definition) is 5. The number of carbonyl (C=O) groups excluding carboxylic acids is 2. The SMILES string of the molecule is CCCCCCCCCCCCCCCCCCCC(=O)Nc1ccc(N(c2ccc(CCCCCCCCCCCCCCCCCCCOC=N)cc2)c2ccc(NC(=O)CCCCCCCCCCCCCCCCCCC)cc2)cc1. The predicted octanol–water partition coefficient (Wildman–Crippen LogP) is 25.9. The normalized spacial score (nSPS) is 11.3. The van der Waals surface area contributed by atoms with Crippen molar-refractivity contribution in [3.8, 4) is 0 Å². The molecule has 0 saturated carbocycles. The number of rotatable bonds is 62. The smallest absolute Gasteiger partial charge is 0.224 e. The van der Waals surface area contributed by atoms with E-state index in [1.54, 1.807) is 0 Å². The van der Waals surface area contributed by atoms with Gasteiger partial charge in [0.05, 0.1) is 6.61 Å². The largest absolute Gasteiger partial charge is 0.484 e. The summed E-state index contributed by atoms with van der Waals surface area (Å²) in [4.78, 5) is 28.4. The molecule has 0 aliphatic heterocycles. The maximum atomic E-state index is 13.1. The first-order chi connectivity index (χ1) is 42.0. The maximum Gasteiger partial charge on any atom is 0.224 e. The molecule has 482 valence electrons. The van der Waals surface area contributed by atoms with E-state index in [0.717, 1.165) is 73.4 Å². The van der Waals surface area contributed by atoms with E-state index < -0.39 is 0 Å². The van der Waals surface area contributed by atoms with Gasteiger partial charge in [0.2, 0.25) is 11.8 Å². The third-order valence-corrected chi connectivity index (χ3v) is 17.8. The van der Waals surface area contributed by atoms with E-state index in [-0.39, 0.29) is 11.8 Å². The number of aryl methyl sites for hydroxylation is 1. The van der Waals surface area contributed by atoms with Crippen LogP contribution >= 0.6 is 0 Å². The van der Waals surface area contributed by atoms with E-state index in [1.807, 2.05) is 24.3 Å². The zero-order valence-electron chi connectivity index (χ0n) is 55.6. The Morgan fingerprint density at radius 1 is 0.329 bits per heavy atom. The first-order valence-electron chi connectivity index (χ1n) is 36.8. The number of benzene rings is 3. The van der Waals surface area contributed by atoms with Crippen molar-refractivity contribution in [1.29, 1.82) is 5.41 Å². The Bertz CT molecular complexity index is 1850. The second-order valence-corrected chi connectivity index (χ2v) is 25.8. The molecule has 2 amide bonds. The minimum atomic E-state index is 0.0956. The van der Waals surface area contributed by atoms with Crippen molar-refractivity contribution in [1.82, 2.24) is 0 Å². The van der Waals surface area contributed by atoms with E-state index in [0.29, 0.717) is 19.4 Å². The molecule has 85 heavy (non-hydrogen) atoms. The van der Waals surface area contributed by atoms with Gasteiger partial charge in [-0.15, -0.1) is 0 Å². The van der Waals surface area contributed by atoms with Crippen LogP contribution in [0.4, 0.5) is 28.4 Å². The summed E-state index contributed by atoms with van der Waals surface area (Å²) in [6.45, 7) is 5.29. The Kier molecular flexibility index (Phi) is 49.8. The third-order valence-electron chi connectivity index (χ3n) is 17.8. The van der Waals surface area contributed by atoms with Crippen LogP contribution in [0.1, 0.15) is 360 Å². The van der Waals surface area contributed by atoms with Crippen molar-refractivity contribution < 1.29 is 14.3 Å². The van der Waals surface area contributed by atoms with Crippen molar-refractivity contribution >= 4 is 46.7 Å². The van der Waals surface area contributed by atoms with Crippen LogP contribution in [0.5, 0.6) is 0 Å². The number of carbonyl (C=O) groups is 2. The summed E-state index contributed by atoms with van der Waals surface area (Å²) in [6.07, 6.45) is 71.4. The number of amides is 2. The number of hydrogen-bond donors (Lipinski definition) is 3. The average Bonchev–Trinajstić information content (AvgIpc) is 2.51. The highest BCUT2D eigenvalue weighted by Crippen LogP contribution is 2.36. The van der Waals surface area contributed by atoms with Crippen molar-refractivity contribution in [3.63, 3.8) is 0 Å². The van der Waals surface area contributed by atoms with E-state index in [4.69, 9.17) is 10.1 Å². The van der Waals surface area contributed by atoms with E-state index in [1.165, 1.54) is 301 Å². The summed E-state index contributed by atoms with van der Waals surface area (Å²) in [6, 6.07) is 25.7. The molecule has 0 radical (unpaired) electrons. The van der Waals surface area contributed by atoms with Gasteiger partial charge in [-0.2, -0.15) is 0 Å². The Morgan fingerprint density at radius 3 is 0.835 bits per heavy atom. The first kappa shape index (κ1) is 75.1. The summed E-state index contributed by atoms with van der Waals surface area (Å²) in [5.41, 5.74) is 6.17. The molecular formula is C78H132N4O3. The van der Waals surface area contributed by atoms with Crippen molar-refractivity contribution in [2.75, 3.05) is 22.1 Å². The summed E-state index contributed by atoms with van der Waals surface area (Å²) in [7, 11) is 0. The Labute approximate surface area is 524 Å². The zero-order chi connectivity index (χ0) is 60.4. The molecule has 0 fully saturated rings. The second kappa shape index (κ2) is 56.4. The number of nitrogens with one attached hydrogen (secondary N) is 3. The number of unbranched alkanes of at least 4 members (excludes halogenated alkanes) is 48. The van der Waals surface area contributed by atoms with Gasteiger partial charge in [-0.25, -0.2) is 0 Å². The minimum Gasteiger partial charge on any atom is -0.484 e. The molecule has 7 nitrogen and oxygen atoms in total. The lowest BCUT2D eigenvalue weighted by Crippen LogP contribution is -2.13. The highest BCUT2D eigenvalue weighted by molar-refractivity contribution is 5.92. The molecule has 0 saturated heterocycles. The fourth-order valence-electron chi connectivity index (χ4n) is 12.3. The van der Waals surface area contributed by atoms with Crippen LogP contribution in [-0.2, 0) is 20.7 Å². The second-order valence-electron chi connectivity index (χ2n) is 25.8. The van der Waals surface area contributed by atoms with Gasteiger partial charge in [0.25, 0.3) is 0 Å². The van der Waals surface area contributed by atoms with Crippen molar-refractivity contribution in [2.24, 2.45) is 0 Å². The summed E-state index contributed by atoms with van der Waals surface area (Å²) in [5, 5.41) is 13.3. The van der Waals surface area contributed by atoms with Crippen LogP contribution in [0, 0.1) is 5.41 Å². The van der Waals surface area contributed by atoms with Gasteiger partial charge in [0.15, 0.2) is 6.40 Å². The monoisotopic (exact) mass is 1170 g/mol. The van der Waals surface area contributed by atoms with Crippen molar-refractivity contribution in [2.45, 2.75) is 361 Å². The molecule has 7 heteroatoms. The third kappa shape index (κ3) is 43.2. The van der Waals surface area contributed by atoms with Crippen LogP contribution in [-0.4, -0.2) is 24.8 Å². The Hall–Kier alpha value is -4.13. The molecule has 3 aromatic carbocycles. The molecular weight excluding hydrogens is 1040 g/mol. The molecule has 0 aliphatic rings. The summed E-state index contributed by atoms with van der Waals surface area (Å²) in [5.74, 6) is 0.191. The van der Waals surface area contributed by atoms with Crippen molar-refractivity contribution in [3.05, 3.63) is 78.4 Å². The number of ether oxygens (including phenoxy) is 1. The van der Waals surface area contributed by atoms with E-state index in [9.17, 15) is 9.59 Å². The predicted molar refractivity (Wildman–Crippen MR) is 373 cm³/mol. The van der Waals surface area contributed by atoms with Gasteiger partial charge in [0, 0.05) is 41.3 Å². The van der Waals surface area contributed by atoms with Crippen LogP contribution < -0.4 is 15.5 Å². The lowest BCUT2D eigenvalue weighted by molar-refractivity contribution is -0.117. The Morgan fingerprint density at radius 2 is 0.565 bits per heavy atom. The standard InChI is InChI=1S/C78H132N4O3/c1-3-5-7-9-11-13-15-17-19-22-27-31-35-39-43-47-51-55-77(83)80-72-59-65-75(66-60-72)82(74-63-57-71(58-64-74)54-50-46-42-38-34-30-26-24-21-25-29-33-37-41-45-49-53-69-85-70-79)76-67-61-73(62-68-76)81-78(84)56-52-48-44-40-36-32-28-23-20-18-16-14-12-10-8-6-4-2/h57-68,70,79H,3-56,69H2,1-2H3,(H,80,83)(H,81,84). The van der Waals surface area contributed by atoms with Gasteiger partial charge < -0.3 is 20.3 Å². The van der Waals surface area contributed by atoms with Crippen LogP contribution in [0.3, 0.4) is 0 Å². The average molecular weight is 1170 g/mol. The van der Waals surface area contributed by atoms with E-state index in [2.05, 4.69) is 77.9 Å². The highest BCUT2D eigenvalue weighted by Gasteiger charge is 2.15. The summed E-state index contributed by atoms with van der Waals surface area (Å²) < 4.78 is 4.99. The van der Waals surface area contributed by atoms with Gasteiger partial charge >= 0.3 is 0 Å². The van der Waals surface area contributed by atoms with Gasteiger partial charge in [-0.3, -0.25) is 15.0 Å². The van der Waals surface area contributed by atoms with E-state index >= 15 is 0 Å². The number of anilines is 5. The lowest BCUT2D eigenvalue weighted by Gasteiger charge is -2.26. The highest BCUT2D eigenvalue weighted by atomic mass is 16.5. The molecule has 0 aromatic heterocycles. The quantitative estimate of drug-likeness (QED) is 0.0298. The molecule has 0 heterocycles. The van der Waals surface area contributed by atoms with Crippen LogP contribution in [0.25, 0.3) is 0 Å². The first-order valence-corrected chi connectivity index (χ1v) is 36.8. The number of nitrogens with zero attached hydrogens (tertiary/aromatic N) is 1. The fraction of sp³-hybridized carbons (Fsp3) is 0.731. The maximum absolute atomic E-state index is 13.1. The minimum absolute atomic E-state index is 0.0956. The lowest BCUT2D eigenvalue weighted by atomic mass is 10.0.